The van der Waals surface area contributed by atoms with Crippen molar-refractivity contribution < 1.29 is 9.26 Å². The van der Waals surface area contributed by atoms with Crippen molar-refractivity contribution >= 4 is 0 Å². The highest BCUT2D eigenvalue weighted by Gasteiger charge is 2.17. The average molecular weight is 198 g/mol. The number of nitrogens with zero attached hydrogens (tertiary/aromatic N) is 3. The molecule has 0 spiro atoms. The third kappa shape index (κ3) is 2.28. The molecule has 6 nitrogen and oxygen atoms in total. The summed E-state index contributed by atoms with van der Waals surface area (Å²) in [5, 5.41) is 3.71. The van der Waals surface area contributed by atoms with E-state index in [2.05, 4.69) is 19.6 Å². The second kappa shape index (κ2) is 4.50. The van der Waals surface area contributed by atoms with Crippen LogP contribution in [0.4, 0.5) is 0 Å². The van der Waals surface area contributed by atoms with Gasteiger partial charge in [-0.3, -0.25) is 4.90 Å². The van der Waals surface area contributed by atoms with Gasteiger partial charge in [0.2, 0.25) is 6.39 Å². The lowest BCUT2D eigenvalue weighted by molar-refractivity contribution is 0.0348. The summed E-state index contributed by atoms with van der Waals surface area (Å²) in [6.45, 7) is 4.15. The summed E-state index contributed by atoms with van der Waals surface area (Å²) >= 11 is 0. The van der Waals surface area contributed by atoms with Crippen LogP contribution in [0.1, 0.15) is 11.9 Å². The molecule has 0 bridgehead atoms. The first kappa shape index (κ1) is 9.57. The van der Waals surface area contributed by atoms with Gasteiger partial charge in [0.1, 0.15) is 0 Å². The summed E-state index contributed by atoms with van der Waals surface area (Å²) in [6, 6.07) is -0.174. The zero-order valence-corrected chi connectivity index (χ0v) is 7.93. The van der Waals surface area contributed by atoms with E-state index in [4.69, 9.17) is 10.5 Å². The zero-order valence-electron chi connectivity index (χ0n) is 7.93. The fourth-order valence-electron chi connectivity index (χ4n) is 1.49. The largest absolute Gasteiger partial charge is 0.379 e. The average Bonchev–Trinajstić information content (AvgIpc) is 2.72. The van der Waals surface area contributed by atoms with Crippen molar-refractivity contribution in [2.24, 2.45) is 5.73 Å². The van der Waals surface area contributed by atoms with Crippen molar-refractivity contribution in [2.45, 2.75) is 6.04 Å². The van der Waals surface area contributed by atoms with Crippen molar-refractivity contribution in [2.75, 3.05) is 32.8 Å². The van der Waals surface area contributed by atoms with Gasteiger partial charge in [0.05, 0.1) is 19.3 Å². The molecule has 14 heavy (non-hydrogen) atoms. The van der Waals surface area contributed by atoms with Gasteiger partial charge in [0.15, 0.2) is 5.82 Å². The van der Waals surface area contributed by atoms with E-state index in [1.54, 1.807) is 0 Å². The van der Waals surface area contributed by atoms with Crippen LogP contribution in [0.5, 0.6) is 0 Å². The summed E-state index contributed by atoms with van der Waals surface area (Å²) in [4.78, 5) is 6.16. The Bertz CT molecular complexity index is 258. The van der Waals surface area contributed by atoms with Crippen LogP contribution in [0.15, 0.2) is 10.9 Å². The molecule has 0 aliphatic carbocycles. The molecule has 78 valence electrons. The Hall–Kier alpha value is -0.980. The second-order valence-corrected chi connectivity index (χ2v) is 3.31. The third-order valence-electron chi connectivity index (χ3n) is 2.27. The number of morpholine rings is 1. The van der Waals surface area contributed by atoms with Gasteiger partial charge in [0.25, 0.3) is 0 Å². The molecule has 1 atom stereocenters. The van der Waals surface area contributed by atoms with Crippen LogP contribution in [-0.4, -0.2) is 47.9 Å². The van der Waals surface area contributed by atoms with Gasteiger partial charge >= 0.3 is 0 Å². The summed E-state index contributed by atoms with van der Waals surface area (Å²) in [7, 11) is 0. The highest BCUT2D eigenvalue weighted by atomic mass is 16.5. The van der Waals surface area contributed by atoms with Crippen LogP contribution in [0.3, 0.4) is 0 Å². The first-order valence-electron chi connectivity index (χ1n) is 4.68. The Morgan fingerprint density at radius 1 is 1.50 bits per heavy atom. The van der Waals surface area contributed by atoms with E-state index in [1.807, 2.05) is 0 Å². The van der Waals surface area contributed by atoms with E-state index in [0.29, 0.717) is 5.82 Å². The molecule has 1 aliphatic rings. The topological polar surface area (TPSA) is 77.4 Å². The Labute approximate surface area is 82.0 Å². The predicted molar refractivity (Wildman–Crippen MR) is 48.5 cm³/mol. The molecule has 1 fully saturated rings. The normalized spacial score (nSPS) is 20.9. The molecular formula is C8H14N4O2. The smallest absolute Gasteiger partial charge is 0.213 e. The molecule has 2 N–H and O–H groups in total. The van der Waals surface area contributed by atoms with Crippen molar-refractivity contribution in [1.29, 1.82) is 0 Å². The minimum absolute atomic E-state index is 0.174. The maximum atomic E-state index is 5.90. The van der Waals surface area contributed by atoms with E-state index >= 15 is 0 Å². The lowest BCUT2D eigenvalue weighted by atomic mass is 10.2. The van der Waals surface area contributed by atoms with E-state index in [9.17, 15) is 0 Å². The fraction of sp³-hybridized carbons (Fsp3) is 0.750. The molecule has 0 radical (unpaired) electrons. The van der Waals surface area contributed by atoms with Crippen LogP contribution < -0.4 is 5.73 Å². The molecule has 2 rings (SSSR count). The number of nitrogens with two attached hydrogens (primary N) is 1. The maximum Gasteiger partial charge on any atom is 0.213 e. The monoisotopic (exact) mass is 198 g/mol. The Morgan fingerprint density at radius 3 is 2.93 bits per heavy atom. The molecule has 0 saturated carbocycles. The summed E-state index contributed by atoms with van der Waals surface area (Å²) in [6.07, 6.45) is 1.30. The second-order valence-electron chi connectivity index (χ2n) is 3.31. The SMILES string of the molecule is NC(CN1CCOCC1)c1ncon1. The lowest BCUT2D eigenvalue weighted by Gasteiger charge is -2.27. The Kier molecular flexibility index (Phi) is 3.07. The van der Waals surface area contributed by atoms with Gasteiger partial charge in [-0.15, -0.1) is 0 Å². The van der Waals surface area contributed by atoms with Gasteiger partial charge in [-0.1, -0.05) is 5.16 Å². The van der Waals surface area contributed by atoms with Gasteiger partial charge in [-0.25, -0.2) is 0 Å². The Balaban J connectivity index is 1.84. The molecule has 2 heterocycles. The quantitative estimate of drug-likeness (QED) is 0.699. The lowest BCUT2D eigenvalue weighted by Crippen LogP contribution is -2.40. The summed E-state index contributed by atoms with van der Waals surface area (Å²) < 4.78 is 9.88. The van der Waals surface area contributed by atoms with E-state index in [0.717, 1.165) is 32.8 Å². The van der Waals surface area contributed by atoms with Crippen LogP contribution >= 0.6 is 0 Å². The van der Waals surface area contributed by atoms with Crippen molar-refractivity contribution in [1.82, 2.24) is 15.0 Å². The van der Waals surface area contributed by atoms with Crippen LogP contribution in [0.25, 0.3) is 0 Å². The van der Waals surface area contributed by atoms with Crippen molar-refractivity contribution in [3.05, 3.63) is 12.2 Å². The standard InChI is InChI=1S/C8H14N4O2/c9-7(8-10-6-14-11-8)5-12-1-3-13-4-2-12/h6-7H,1-5,9H2. The number of hydrogen-bond acceptors (Lipinski definition) is 6. The first-order valence-corrected chi connectivity index (χ1v) is 4.68. The molecule has 1 aromatic heterocycles. The molecule has 0 aromatic carbocycles. The molecular weight excluding hydrogens is 184 g/mol. The van der Waals surface area contributed by atoms with E-state index in [1.165, 1.54) is 6.39 Å². The first-order chi connectivity index (χ1) is 6.86. The van der Waals surface area contributed by atoms with Crippen LogP contribution in [0.2, 0.25) is 0 Å². The van der Waals surface area contributed by atoms with Gasteiger partial charge in [-0.2, -0.15) is 4.98 Å². The highest BCUT2D eigenvalue weighted by molar-refractivity contribution is 4.89. The molecule has 1 saturated heterocycles. The summed E-state index contributed by atoms with van der Waals surface area (Å²) in [5.41, 5.74) is 5.90. The number of aromatic nitrogens is 2. The van der Waals surface area contributed by atoms with Crippen molar-refractivity contribution in [3.63, 3.8) is 0 Å². The van der Waals surface area contributed by atoms with Gasteiger partial charge in [-0.05, 0) is 0 Å². The third-order valence-corrected chi connectivity index (χ3v) is 2.27. The maximum absolute atomic E-state index is 5.90. The van der Waals surface area contributed by atoms with Crippen LogP contribution in [0, 0.1) is 0 Å². The molecule has 1 aromatic rings. The Morgan fingerprint density at radius 2 is 2.29 bits per heavy atom. The number of ether oxygens (including phenoxy) is 1. The molecule has 6 heteroatoms. The number of rotatable bonds is 3. The molecule has 0 amide bonds. The number of hydrogen-bond donors (Lipinski definition) is 1. The van der Waals surface area contributed by atoms with E-state index < -0.39 is 0 Å². The fourth-order valence-corrected chi connectivity index (χ4v) is 1.49. The van der Waals surface area contributed by atoms with Crippen LogP contribution in [-0.2, 0) is 4.74 Å². The highest BCUT2D eigenvalue weighted by Crippen LogP contribution is 2.07. The van der Waals surface area contributed by atoms with Crippen molar-refractivity contribution in [3.8, 4) is 0 Å². The van der Waals surface area contributed by atoms with E-state index in [-0.39, 0.29) is 6.04 Å². The summed E-state index contributed by atoms with van der Waals surface area (Å²) in [5.74, 6) is 0.566. The molecule has 1 unspecified atom stereocenters. The minimum atomic E-state index is -0.174. The molecule has 1 aliphatic heterocycles. The van der Waals surface area contributed by atoms with Gasteiger partial charge < -0.3 is 15.0 Å². The predicted octanol–water partition coefficient (Wildman–Crippen LogP) is -0.598. The zero-order chi connectivity index (χ0) is 9.80. The minimum Gasteiger partial charge on any atom is -0.379 e. The van der Waals surface area contributed by atoms with Gasteiger partial charge in [0, 0.05) is 19.6 Å².